The van der Waals surface area contributed by atoms with Crippen LogP contribution in [0.3, 0.4) is 0 Å². The Morgan fingerprint density at radius 3 is 2.53 bits per heavy atom. The summed E-state index contributed by atoms with van der Waals surface area (Å²) >= 11 is 0. The summed E-state index contributed by atoms with van der Waals surface area (Å²) in [6.45, 7) is 8.95. The molecule has 3 unspecified atom stereocenters. The summed E-state index contributed by atoms with van der Waals surface area (Å²) in [5.41, 5.74) is 0.262. The third-order valence-corrected chi connectivity index (χ3v) is 3.99. The van der Waals surface area contributed by atoms with Crippen LogP contribution in [0.2, 0.25) is 0 Å². The van der Waals surface area contributed by atoms with Gasteiger partial charge < -0.3 is 10.1 Å². The van der Waals surface area contributed by atoms with E-state index in [9.17, 15) is 4.79 Å². The van der Waals surface area contributed by atoms with Gasteiger partial charge in [-0.15, -0.1) is 0 Å². The molecule has 3 atom stereocenters. The fourth-order valence-corrected chi connectivity index (χ4v) is 2.33. The Hall–Kier alpha value is -0.570. The van der Waals surface area contributed by atoms with Crippen molar-refractivity contribution >= 4 is 5.97 Å². The third-order valence-electron chi connectivity index (χ3n) is 3.99. The Balaban J connectivity index is 2.47. The lowest BCUT2D eigenvalue weighted by Gasteiger charge is -2.35. The number of ether oxygens (including phenoxy) is 1. The van der Waals surface area contributed by atoms with Crippen molar-refractivity contribution in [2.75, 3.05) is 7.11 Å². The van der Waals surface area contributed by atoms with Gasteiger partial charge in [-0.05, 0) is 31.6 Å². The highest BCUT2D eigenvalue weighted by Gasteiger charge is 2.30. The van der Waals surface area contributed by atoms with Gasteiger partial charge in [0.25, 0.3) is 0 Å². The molecule has 1 N–H and O–H groups in total. The SMILES string of the molecule is COC(=O)C1CCCC(NC(C)C(C)(C)C)C1. The number of esters is 1. The maximum Gasteiger partial charge on any atom is 0.308 e. The molecule has 0 spiro atoms. The van der Waals surface area contributed by atoms with Crippen molar-refractivity contribution in [2.45, 2.75) is 65.5 Å². The van der Waals surface area contributed by atoms with Gasteiger partial charge in [0.1, 0.15) is 0 Å². The molecule has 0 amide bonds. The summed E-state index contributed by atoms with van der Waals surface area (Å²) < 4.78 is 4.84. The second-order valence-corrected chi connectivity index (χ2v) is 6.34. The van der Waals surface area contributed by atoms with Crippen LogP contribution < -0.4 is 5.32 Å². The van der Waals surface area contributed by atoms with Gasteiger partial charge in [-0.2, -0.15) is 0 Å². The zero-order valence-electron chi connectivity index (χ0n) is 11.9. The quantitative estimate of drug-likeness (QED) is 0.772. The standard InChI is InChI=1S/C14H27NO2/c1-10(14(2,3)4)15-12-8-6-7-11(9-12)13(16)17-5/h10-12,15H,6-9H2,1-5H3. The maximum atomic E-state index is 11.5. The molecule has 0 radical (unpaired) electrons. The highest BCUT2D eigenvalue weighted by molar-refractivity contribution is 5.72. The Morgan fingerprint density at radius 2 is 2.00 bits per heavy atom. The second-order valence-electron chi connectivity index (χ2n) is 6.34. The highest BCUT2D eigenvalue weighted by atomic mass is 16.5. The first kappa shape index (κ1) is 14.5. The first-order chi connectivity index (χ1) is 7.84. The number of carbonyl (C=O) groups excluding carboxylic acids is 1. The van der Waals surface area contributed by atoms with Crippen LogP contribution in [0.4, 0.5) is 0 Å². The molecule has 1 fully saturated rings. The fraction of sp³-hybridized carbons (Fsp3) is 0.929. The molecule has 3 heteroatoms. The van der Waals surface area contributed by atoms with E-state index >= 15 is 0 Å². The van der Waals surface area contributed by atoms with E-state index in [-0.39, 0.29) is 17.3 Å². The molecule has 17 heavy (non-hydrogen) atoms. The Morgan fingerprint density at radius 1 is 1.35 bits per heavy atom. The number of methoxy groups -OCH3 is 1. The molecule has 0 aromatic carbocycles. The van der Waals surface area contributed by atoms with Crippen molar-refractivity contribution in [3.05, 3.63) is 0 Å². The van der Waals surface area contributed by atoms with Crippen LogP contribution in [0.15, 0.2) is 0 Å². The lowest BCUT2D eigenvalue weighted by molar-refractivity contribution is -0.146. The summed E-state index contributed by atoms with van der Waals surface area (Å²) in [4.78, 5) is 11.5. The topological polar surface area (TPSA) is 38.3 Å². The molecular weight excluding hydrogens is 214 g/mol. The van der Waals surface area contributed by atoms with Crippen LogP contribution in [-0.2, 0) is 9.53 Å². The summed E-state index contributed by atoms with van der Waals surface area (Å²) in [5, 5.41) is 3.66. The van der Waals surface area contributed by atoms with Crippen LogP contribution in [0.1, 0.15) is 53.4 Å². The van der Waals surface area contributed by atoms with E-state index in [2.05, 4.69) is 33.0 Å². The molecule has 1 saturated carbocycles. The number of hydrogen-bond donors (Lipinski definition) is 1. The van der Waals surface area contributed by atoms with Crippen molar-refractivity contribution in [3.8, 4) is 0 Å². The van der Waals surface area contributed by atoms with Crippen molar-refractivity contribution in [3.63, 3.8) is 0 Å². The number of hydrogen-bond acceptors (Lipinski definition) is 3. The Bertz CT molecular complexity index is 257. The lowest BCUT2D eigenvalue weighted by atomic mass is 9.83. The van der Waals surface area contributed by atoms with E-state index in [4.69, 9.17) is 4.74 Å². The zero-order valence-corrected chi connectivity index (χ0v) is 11.9. The van der Waals surface area contributed by atoms with Crippen LogP contribution in [0, 0.1) is 11.3 Å². The molecule has 0 aliphatic heterocycles. The van der Waals surface area contributed by atoms with Crippen molar-refractivity contribution in [1.82, 2.24) is 5.32 Å². The van der Waals surface area contributed by atoms with Gasteiger partial charge in [0, 0.05) is 12.1 Å². The minimum atomic E-state index is -0.0417. The zero-order chi connectivity index (χ0) is 13.1. The second kappa shape index (κ2) is 5.85. The van der Waals surface area contributed by atoms with Gasteiger partial charge in [0.15, 0.2) is 0 Å². The van der Waals surface area contributed by atoms with Crippen LogP contribution >= 0.6 is 0 Å². The minimum absolute atomic E-state index is 0.0417. The third kappa shape index (κ3) is 4.30. The van der Waals surface area contributed by atoms with E-state index < -0.39 is 0 Å². The smallest absolute Gasteiger partial charge is 0.308 e. The number of nitrogens with one attached hydrogen (secondary N) is 1. The molecule has 1 rings (SSSR count). The average Bonchev–Trinajstić information content (AvgIpc) is 2.27. The highest BCUT2D eigenvalue weighted by Crippen LogP contribution is 2.27. The Kier molecular flexibility index (Phi) is 4.99. The van der Waals surface area contributed by atoms with Gasteiger partial charge in [0.05, 0.1) is 13.0 Å². The van der Waals surface area contributed by atoms with Gasteiger partial charge in [-0.3, -0.25) is 4.79 Å². The summed E-state index contributed by atoms with van der Waals surface area (Å²) in [5.74, 6) is 0.0540. The molecular formula is C14H27NO2. The van der Waals surface area contributed by atoms with Crippen molar-refractivity contribution < 1.29 is 9.53 Å². The molecule has 100 valence electrons. The fourth-order valence-electron chi connectivity index (χ4n) is 2.33. The largest absolute Gasteiger partial charge is 0.469 e. The summed E-state index contributed by atoms with van der Waals surface area (Å²) in [6.07, 6.45) is 4.20. The first-order valence-corrected chi connectivity index (χ1v) is 6.68. The average molecular weight is 241 g/mol. The van der Waals surface area contributed by atoms with E-state index in [1.165, 1.54) is 13.5 Å². The maximum absolute atomic E-state index is 11.5. The molecule has 1 aliphatic rings. The summed E-state index contributed by atoms with van der Waals surface area (Å²) in [7, 11) is 1.48. The predicted octanol–water partition coefficient (Wildman–Crippen LogP) is 2.74. The van der Waals surface area contributed by atoms with E-state index in [0.717, 1.165) is 19.3 Å². The Labute approximate surface area is 105 Å². The predicted molar refractivity (Wildman–Crippen MR) is 69.8 cm³/mol. The van der Waals surface area contributed by atoms with Crippen LogP contribution in [-0.4, -0.2) is 25.2 Å². The summed E-state index contributed by atoms with van der Waals surface area (Å²) in [6, 6.07) is 0.922. The molecule has 0 aromatic rings. The molecule has 0 heterocycles. The number of carbonyl (C=O) groups is 1. The van der Waals surface area contributed by atoms with Crippen molar-refractivity contribution in [2.24, 2.45) is 11.3 Å². The molecule has 0 saturated heterocycles. The van der Waals surface area contributed by atoms with Gasteiger partial charge in [-0.1, -0.05) is 27.2 Å². The molecule has 0 bridgehead atoms. The van der Waals surface area contributed by atoms with Crippen LogP contribution in [0.25, 0.3) is 0 Å². The van der Waals surface area contributed by atoms with E-state index in [0.29, 0.717) is 12.1 Å². The molecule has 3 nitrogen and oxygen atoms in total. The number of rotatable bonds is 3. The molecule has 0 aromatic heterocycles. The van der Waals surface area contributed by atoms with Gasteiger partial charge in [0.2, 0.25) is 0 Å². The monoisotopic (exact) mass is 241 g/mol. The van der Waals surface area contributed by atoms with Gasteiger partial charge >= 0.3 is 5.97 Å². The van der Waals surface area contributed by atoms with E-state index in [1.54, 1.807) is 0 Å². The lowest BCUT2D eigenvalue weighted by Crippen LogP contribution is -2.46. The first-order valence-electron chi connectivity index (χ1n) is 6.68. The van der Waals surface area contributed by atoms with E-state index in [1.807, 2.05) is 0 Å². The van der Waals surface area contributed by atoms with Crippen molar-refractivity contribution in [1.29, 1.82) is 0 Å². The van der Waals surface area contributed by atoms with Gasteiger partial charge in [-0.25, -0.2) is 0 Å². The van der Waals surface area contributed by atoms with Crippen LogP contribution in [0.5, 0.6) is 0 Å². The minimum Gasteiger partial charge on any atom is -0.469 e. The normalized spacial score (nSPS) is 27.6. The molecule has 1 aliphatic carbocycles.